The van der Waals surface area contributed by atoms with Crippen molar-refractivity contribution >= 4 is 46.3 Å². The van der Waals surface area contributed by atoms with Gasteiger partial charge in [0.1, 0.15) is 5.75 Å². The highest BCUT2D eigenvalue weighted by atomic mass is 32.2. The number of rotatable bonds is 7. The zero-order valence-corrected chi connectivity index (χ0v) is 17.1. The number of carbonyl (C=O) groups excluding carboxylic acids is 2. The van der Waals surface area contributed by atoms with E-state index in [0.717, 1.165) is 10.6 Å². The van der Waals surface area contributed by atoms with Crippen LogP contribution < -0.4 is 15.4 Å². The fourth-order valence-electron chi connectivity index (χ4n) is 2.43. The van der Waals surface area contributed by atoms with Crippen LogP contribution in [0.4, 0.5) is 11.4 Å². The Labute approximate surface area is 172 Å². The van der Waals surface area contributed by atoms with Gasteiger partial charge in [-0.15, -0.1) is 23.1 Å². The monoisotopic (exact) mass is 412 g/mol. The van der Waals surface area contributed by atoms with Crippen LogP contribution in [0.3, 0.4) is 0 Å². The SMILES string of the molecule is COc1ccc(SC(C)C(=O)Nc2cccc(NC(=O)c3cccs3)c2)cc1. The predicted molar refractivity (Wildman–Crippen MR) is 116 cm³/mol. The lowest BCUT2D eigenvalue weighted by atomic mass is 10.2. The van der Waals surface area contributed by atoms with E-state index in [0.29, 0.717) is 16.3 Å². The number of carbonyl (C=O) groups is 2. The van der Waals surface area contributed by atoms with Gasteiger partial charge in [-0.25, -0.2) is 0 Å². The minimum absolute atomic E-state index is 0.109. The molecule has 0 radical (unpaired) electrons. The minimum Gasteiger partial charge on any atom is -0.497 e. The number of thioether (sulfide) groups is 1. The number of hydrogen-bond acceptors (Lipinski definition) is 5. The Kier molecular flexibility index (Phi) is 6.73. The summed E-state index contributed by atoms with van der Waals surface area (Å²) in [5, 5.41) is 7.32. The molecule has 0 aliphatic rings. The molecule has 5 nitrogen and oxygen atoms in total. The minimum atomic E-state index is -0.280. The lowest BCUT2D eigenvalue weighted by molar-refractivity contribution is -0.115. The van der Waals surface area contributed by atoms with Crippen LogP contribution in [0, 0.1) is 0 Å². The summed E-state index contributed by atoms with van der Waals surface area (Å²) in [7, 11) is 1.62. The Bertz CT molecular complexity index is 941. The third kappa shape index (κ3) is 5.37. The molecule has 2 amide bonds. The number of anilines is 2. The Morgan fingerprint density at radius 1 is 1.00 bits per heavy atom. The molecule has 7 heteroatoms. The number of thiophene rings is 1. The summed E-state index contributed by atoms with van der Waals surface area (Å²) < 4.78 is 5.14. The van der Waals surface area contributed by atoms with Gasteiger partial charge < -0.3 is 15.4 Å². The highest BCUT2D eigenvalue weighted by Gasteiger charge is 2.15. The first kappa shape index (κ1) is 20.0. The molecule has 1 heterocycles. The van der Waals surface area contributed by atoms with Crippen LogP contribution in [0.25, 0.3) is 0 Å². The van der Waals surface area contributed by atoms with Gasteiger partial charge in [0.05, 0.1) is 17.2 Å². The van der Waals surface area contributed by atoms with Crippen LogP contribution in [0.15, 0.2) is 70.9 Å². The highest BCUT2D eigenvalue weighted by Crippen LogP contribution is 2.26. The van der Waals surface area contributed by atoms with Crippen molar-refractivity contribution in [2.45, 2.75) is 17.1 Å². The van der Waals surface area contributed by atoms with Crippen LogP contribution in [0.2, 0.25) is 0 Å². The summed E-state index contributed by atoms with van der Waals surface area (Å²) in [6, 6.07) is 18.3. The average molecular weight is 413 g/mol. The molecule has 0 saturated heterocycles. The molecule has 144 valence electrons. The Hall–Kier alpha value is -2.77. The van der Waals surface area contributed by atoms with Crippen molar-refractivity contribution in [3.8, 4) is 5.75 Å². The van der Waals surface area contributed by atoms with Gasteiger partial charge in [0.15, 0.2) is 0 Å². The molecular formula is C21H20N2O3S2. The first-order valence-electron chi connectivity index (χ1n) is 8.61. The second-order valence-corrected chi connectivity index (χ2v) is 8.30. The van der Waals surface area contributed by atoms with Crippen molar-refractivity contribution in [3.05, 3.63) is 70.9 Å². The van der Waals surface area contributed by atoms with Crippen LogP contribution in [0.5, 0.6) is 5.75 Å². The number of amides is 2. The Balaban J connectivity index is 1.59. The van der Waals surface area contributed by atoms with Gasteiger partial charge in [-0.05, 0) is 60.8 Å². The summed E-state index contributed by atoms with van der Waals surface area (Å²) in [6.07, 6.45) is 0. The van der Waals surface area contributed by atoms with Crippen LogP contribution in [-0.4, -0.2) is 24.2 Å². The standard InChI is InChI=1S/C21H20N2O3S2/c1-14(28-18-10-8-17(26-2)9-11-18)20(24)22-15-5-3-6-16(13-15)23-21(25)19-7-4-12-27-19/h3-14H,1-2H3,(H,22,24)(H,23,25). The van der Waals surface area contributed by atoms with Crippen molar-refractivity contribution < 1.29 is 14.3 Å². The molecule has 0 fully saturated rings. The maximum absolute atomic E-state index is 12.5. The molecule has 2 N–H and O–H groups in total. The number of benzene rings is 2. The summed E-state index contributed by atoms with van der Waals surface area (Å²) in [5.74, 6) is 0.507. The third-order valence-electron chi connectivity index (χ3n) is 3.87. The van der Waals surface area contributed by atoms with E-state index in [4.69, 9.17) is 4.74 Å². The molecule has 0 aliphatic carbocycles. The zero-order valence-electron chi connectivity index (χ0n) is 15.5. The molecular weight excluding hydrogens is 392 g/mol. The Morgan fingerprint density at radius 2 is 1.71 bits per heavy atom. The largest absolute Gasteiger partial charge is 0.497 e. The van der Waals surface area contributed by atoms with Crippen LogP contribution >= 0.6 is 23.1 Å². The van der Waals surface area contributed by atoms with Gasteiger partial charge in [-0.1, -0.05) is 12.1 Å². The van der Waals surface area contributed by atoms with E-state index in [1.54, 1.807) is 37.4 Å². The molecule has 1 aromatic heterocycles. The molecule has 0 spiro atoms. The second-order valence-electron chi connectivity index (χ2n) is 5.94. The number of methoxy groups -OCH3 is 1. The first-order valence-corrected chi connectivity index (χ1v) is 10.4. The smallest absolute Gasteiger partial charge is 0.265 e. The first-order chi connectivity index (χ1) is 13.5. The lowest BCUT2D eigenvalue weighted by Gasteiger charge is -2.13. The van der Waals surface area contributed by atoms with E-state index in [1.807, 2.05) is 42.6 Å². The number of nitrogens with one attached hydrogen (secondary N) is 2. The third-order valence-corrected chi connectivity index (χ3v) is 5.86. The topological polar surface area (TPSA) is 67.4 Å². The maximum atomic E-state index is 12.5. The summed E-state index contributed by atoms with van der Waals surface area (Å²) >= 11 is 2.85. The molecule has 0 saturated carbocycles. The van der Waals surface area contributed by atoms with Crippen LogP contribution in [0.1, 0.15) is 16.6 Å². The van der Waals surface area contributed by atoms with E-state index in [1.165, 1.54) is 23.1 Å². The fourth-order valence-corrected chi connectivity index (χ4v) is 3.92. The summed E-state index contributed by atoms with van der Waals surface area (Å²) in [6.45, 7) is 1.85. The number of hydrogen-bond donors (Lipinski definition) is 2. The van der Waals surface area contributed by atoms with Crippen LogP contribution in [-0.2, 0) is 4.79 Å². The van der Waals surface area contributed by atoms with Crippen molar-refractivity contribution in [1.82, 2.24) is 0 Å². The van der Waals surface area contributed by atoms with E-state index in [2.05, 4.69) is 10.6 Å². The average Bonchev–Trinajstić information content (AvgIpc) is 3.24. The molecule has 0 bridgehead atoms. The van der Waals surface area contributed by atoms with Gasteiger partial charge >= 0.3 is 0 Å². The molecule has 28 heavy (non-hydrogen) atoms. The zero-order chi connectivity index (χ0) is 19.9. The molecule has 3 rings (SSSR count). The second kappa shape index (κ2) is 9.43. The summed E-state index contributed by atoms with van der Waals surface area (Å²) in [4.78, 5) is 26.3. The molecule has 1 unspecified atom stereocenters. The highest BCUT2D eigenvalue weighted by molar-refractivity contribution is 8.00. The van der Waals surface area contributed by atoms with E-state index in [9.17, 15) is 9.59 Å². The normalized spacial score (nSPS) is 11.5. The van der Waals surface area contributed by atoms with Crippen molar-refractivity contribution in [2.75, 3.05) is 17.7 Å². The van der Waals surface area contributed by atoms with E-state index >= 15 is 0 Å². The van der Waals surface area contributed by atoms with E-state index in [-0.39, 0.29) is 17.1 Å². The summed E-state index contributed by atoms with van der Waals surface area (Å²) in [5.41, 5.74) is 1.27. The van der Waals surface area contributed by atoms with Gasteiger partial charge in [0, 0.05) is 16.3 Å². The molecule has 3 aromatic rings. The molecule has 1 atom stereocenters. The maximum Gasteiger partial charge on any atom is 0.265 e. The fraction of sp³-hybridized carbons (Fsp3) is 0.143. The van der Waals surface area contributed by atoms with Crippen molar-refractivity contribution in [2.24, 2.45) is 0 Å². The van der Waals surface area contributed by atoms with Crippen molar-refractivity contribution in [3.63, 3.8) is 0 Å². The van der Waals surface area contributed by atoms with Gasteiger partial charge in [0.25, 0.3) is 5.91 Å². The number of ether oxygens (including phenoxy) is 1. The van der Waals surface area contributed by atoms with Crippen molar-refractivity contribution in [1.29, 1.82) is 0 Å². The van der Waals surface area contributed by atoms with Gasteiger partial charge in [-0.2, -0.15) is 0 Å². The van der Waals surface area contributed by atoms with Gasteiger partial charge in [0.2, 0.25) is 5.91 Å². The lowest BCUT2D eigenvalue weighted by Crippen LogP contribution is -2.22. The Morgan fingerprint density at radius 3 is 2.36 bits per heavy atom. The van der Waals surface area contributed by atoms with E-state index < -0.39 is 0 Å². The predicted octanol–water partition coefficient (Wildman–Crippen LogP) is 5.13. The quantitative estimate of drug-likeness (QED) is 0.528. The molecule has 0 aliphatic heterocycles. The molecule has 2 aromatic carbocycles. The van der Waals surface area contributed by atoms with Gasteiger partial charge in [-0.3, -0.25) is 9.59 Å².